The molecule has 0 spiro atoms. The monoisotopic (exact) mass is 466 g/mol. The fourth-order valence-electron chi connectivity index (χ4n) is 6.79. The summed E-state index contributed by atoms with van der Waals surface area (Å²) in [6, 6.07) is 15.9. The van der Waals surface area contributed by atoms with E-state index in [-0.39, 0.29) is 0 Å². The molecule has 4 bridgehead atoms. The zero-order valence-electron chi connectivity index (χ0n) is 18.1. The van der Waals surface area contributed by atoms with Crippen molar-refractivity contribution < 1.29 is 0 Å². The van der Waals surface area contributed by atoms with Crippen LogP contribution in [0.15, 0.2) is 48.5 Å². The lowest BCUT2D eigenvalue weighted by atomic mass is 9.53. The first-order valence-corrected chi connectivity index (χ1v) is 12.5. The smallest absolute Gasteiger partial charge is 0.117 e. The Hall–Kier alpha value is -1.88. The zero-order chi connectivity index (χ0) is 21.7. The zero-order valence-corrected chi connectivity index (χ0v) is 19.6. The van der Waals surface area contributed by atoms with Gasteiger partial charge in [-0.1, -0.05) is 59.6 Å². The van der Waals surface area contributed by atoms with Gasteiger partial charge in [0.25, 0.3) is 0 Å². The van der Waals surface area contributed by atoms with Crippen LogP contribution < -0.4 is 5.32 Å². The molecule has 4 saturated carbocycles. The van der Waals surface area contributed by atoms with Crippen LogP contribution in [0.1, 0.15) is 49.8 Å². The number of benzene rings is 2. The van der Waals surface area contributed by atoms with Gasteiger partial charge in [-0.15, -0.1) is 0 Å². The van der Waals surface area contributed by atoms with Gasteiger partial charge in [0.15, 0.2) is 0 Å². The fourth-order valence-corrected chi connectivity index (χ4v) is 7.26. The van der Waals surface area contributed by atoms with Gasteiger partial charge in [-0.05, 0) is 74.0 Å². The molecule has 2 aromatic carbocycles. The third kappa shape index (κ3) is 3.98. The van der Waals surface area contributed by atoms with Crippen LogP contribution in [0.4, 0.5) is 0 Å². The molecule has 4 nitrogen and oxygen atoms in total. The molecule has 7 rings (SSSR count). The van der Waals surface area contributed by atoms with Crippen molar-refractivity contribution in [2.75, 3.05) is 0 Å². The Labute approximate surface area is 199 Å². The summed E-state index contributed by atoms with van der Waals surface area (Å²) in [7, 11) is 0. The molecule has 4 fully saturated rings. The molecule has 0 saturated heterocycles. The summed E-state index contributed by atoms with van der Waals surface area (Å²) in [6.07, 6.45) is 8.34. The van der Waals surface area contributed by atoms with E-state index in [1.807, 2.05) is 18.2 Å². The van der Waals surface area contributed by atoms with Crippen molar-refractivity contribution in [2.45, 2.75) is 57.2 Å². The van der Waals surface area contributed by atoms with Gasteiger partial charge in [-0.2, -0.15) is 15.0 Å². The van der Waals surface area contributed by atoms with Gasteiger partial charge in [0.2, 0.25) is 0 Å². The summed E-state index contributed by atoms with van der Waals surface area (Å²) in [5, 5.41) is 15.1. The van der Waals surface area contributed by atoms with E-state index in [1.54, 1.807) is 10.9 Å². The lowest BCUT2D eigenvalue weighted by molar-refractivity contribution is -0.0207. The maximum Gasteiger partial charge on any atom is 0.117 e. The molecule has 0 amide bonds. The highest BCUT2D eigenvalue weighted by Gasteiger charge is 2.50. The van der Waals surface area contributed by atoms with E-state index in [9.17, 15) is 0 Å². The molecule has 0 aliphatic heterocycles. The summed E-state index contributed by atoms with van der Waals surface area (Å²) in [5.74, 6) is 2.76. The standard InChI is InChI=1S/C26H28Cl2N4/c27-22-7-6-21(23(28)11-22)16-32-30-24(25(31-32)20-4-2-1-3-5-20)15-29-26-12-17-8-18(13-26)10-19(9-17)14-26/h1-7,11,17-19,29H,8-10,12-16H2. The molecule has 1 heterocycles. The highest BCUT2D eigenvalue weighted by Crippen LogP contribution is 2.55. The van der Waals surface area contributed by atoms with Gasteiger partial charge < -0.3 is 5.32 Å². The first kappa shape index (κ1) is 20.7. The highest BCUT2D eigenvalue weighted by atomic mass is 35.5. The van der Waals surface area contributed by atoms with Gasteiger partial charge in [0.1, 0.15) is 11.4 Å². The predicted molar refractivity (Wildman–Crippen MR) is 129 cm³/mol. The number of halogens is 2. The summed E-state index contributed by atoms with van der Waals surface area (Å²) >= 11 is 12.5. The SMILES string of the molecule is Clc1ccc(Cn2nc(CNC34CC5CC(CC(C5)C3)C4)c(-c3ccccc3)n2)c(Cl)c1. The molecule has 166 valence electrons. The molecule has 0 radical (unpaired) electrons. The lowest BCUT2D eigenvalue weighted by Gasteiger charge is -2.57. The van der Waals surface area contributed by atoms with Crippen LogP contribution >= 0.6 is 23.2 Å². The molecule has 3 aromatic rings. The van der Waals surface area contributed by atoms with Gasteiger partial charge in [-0.25, -0.2) is 0 Å². The van der Waals surface area contributed by atoms with Gasteiger partial charge >= 0.3 is 0 Å². The topological polar surface area (TPSA) is 42.7 Å². The Morgan fingerprint density at radius 2 is 1.59 bits per heavy atom. The Morgan fingerprint density at radius 3 is 2.25 bits per heavy atom. The van der Waals surface area contributed by atoms with Crippen LogP contribution in [0.2, 0.25) is 10.0 Å². The largest absolute Gasteiger partial charge is 0.305 e. The second kappa shape index (κ2) is 8.16. The number of rotatable bonds is 6. The molecular formula is C26H28Cl2N4. The average molecular weight is 467 g/mol. The summed E-state index contributed by atoms with van der Waals surface area (Å²) in [5.41, 5.74) is 4.32. The Balaban J connectivity index is 1.27. The molecule has 1 N–H and O–H groups in total. The molecule has 6 heteroatoms. The lowest BCUT2D eigenvalue weighted by Crippen LogP contribution is -2.58. The van der Waals surface area contributed by atoms with Crippen molar-refractivity contribution in [3.63, 3.8) is 0 Å². The summed E-state index contributed by atoms with van der Waals surface area (Å²) < 4.78 is 0. The molecule has 0 atom stereocenters. The second-order valence-corrected chi connectivity index (χ2v) is 11.0. The quantitative estimate of drug-likeness (QED) is 0.459. The maximum absolute atomic E-state index is 6.41. The van der Waals surface area contributed by atoms with Gasteiger partial charge in [0.05, 0.1) is 6.54 Å². The van der Waals surface area contributed by atoms with Crippen LogP contribution in [0.25, 0.3) is 11.3 Å². The van der Waals surface area contributed by atoms with Gasteiger partial charge in [-0.3, -0.25) is 0 Å². The number of aromatic nitrogens is 3. The summed E-state index contributed by atoms with van der Waals surface area (Å²) in [6.45, 7) is 1.28. The van der Waals surface area contributed by atoms with Crippen molar-refractivity contribution in [1.82, 2.24) is 20.3 Å². The second-order valence-electron chi connectivity index (χ2n) is 10.2. The Bertz CT molecular complexity index is 1090. The summed E-state index contributed by atoms with van der Waals surface area (Å²) in [4.78, 5) is 1.77. The van der Waals surface area contributed by atoms with Gasteiger partial charge in [0, 0.05) is 27.7 Å². The van der Waals surface area contributed by atoms with E-state index in [0.29, 0.717) is 22.1 Å². The fraction of sp³-hybridized carbons (Fsp3) is 0.462. The first-order chi connectivity index (χ1) is 15.6. The number of hydrogen-bond acceptors (Lipinski definition) is 3. The first-order valence-electron chi connectivity index (χ1n) is 11.7. The minimum Gasteiger partial charge on any atom is -0.305 e. The highest BCUT2D eigenvalue weighted by molar-refractivity contribution is 6.35. The third-order valence-electron chi connectivity index (χ3n) is 7.77. The predicted octanol–water partition coefficient (Wildman–Crippen LogP) is 6.36. The van der Waals surface area contributed by atoms with Crippen molar-refractivity contribution in [3.8, 4) is 11.3 Å². The van der Waals surface area contributed by atoms with Crippen molar-refractivity contribution in [1.29, 1.82) is 0 Å². The van der Waals surface area contributed by atoms with E-state index in [4.69, 9.17) is 33.4 Å². The normalized spacial score (nSPS) is 28.4. The number of nitrogens with zero attached hydrogens (tertiary/aromatic N) is 3. The van der Waals surface area contributed by atoms with Crippen molar-refractivity contribution >= 4 is 23.2 Å². The van der Waals surface area contributed by atoms with Crippen LogP contribution in [-0.4, -0.2) is 20.5 Å². The Morgan fingerprint density at radius 1 is 0.906 bits per heavy atom. The van der Waals surface area contributed by atoms with Crippen molar-refractivity contribution in [3.05, 3.63) is 69.8 Å². The average Bonchev–Trinajstić information content (AvgIpc) is 3.17. The molecule has 32 heavy (non-hydrogen) atoms. The van der Waals surface area contributed by atoms with Crippen LogP contribution in [0.5, 0.6) is 0 Å². The van der Waals surface area contributed by atoms with E-state index in [2.05, 4.69) is 29.6 Å². The van der Waals surface area contributed by atoms with Crippen LogP contribution in [-0.2, 0) is 13.1 Å². The maximum atomic E-state index is 6.41. The minimum absolute atomic E-state index is 0.298. The van der Waals surface area contributed by atoms with E-state index in [0.717, 1.165) is 46.8 Å². The van der Waals surface area contributed by atoms with E-state index in [1.165, 1.54) is 38.5 Å². The molecular weight excluding hydrogens is 439 g/mol. The van der Waals surface area contributed by atoms with E-state index < -0.39 is 0 Å². The molecule has 1 aromatic heterocycles. The Kier molecular flexibility index (Phi) is 5.28. The van der Waals surface area contributed by atoms with E-state index >= 15 is 0 Å². The number of hydrogen-bond donors (Lipinski definition) is 1. The molecule has 0 unspecified atom stereocenters. The molecule has 4 aliphatic rings. The number of nitrogens with one attached hydrogen (secondary N) is 1. The minimum atomic E-state index is 0.298. The van der Waals surface area contributed by atoms with Crippen LogP contribution in [0, 0.1) is 17.8 Å². The van der Waals surface area contributed by atoms with Crippen molar-refractivity contribution in [2.24, 2.45) is 17.8 Å². The molecule has 4 aliphatic carbocycles. The van der Waals surface area contributed by atoms with Crippen LogP contribution in [0.3, 0.4) is 0 Å². The third-order valence-corrected chi connectivity index (χ3v) is 8.36.